The highest BCUT2D eigenvalue weighted by molar-refractivity contribution is 5.99. The molecule has 0 spiro atoms. The van der Waals surface area contributed by atoms with E-state index in [0.29, 0.717) is 18.5 Å². The van der Waals surface area contributed by atoms with Crippen LogP contribution in [-0.4, -0.2) is 30.3 Å². The van der Waals surface area contributed by atoms with Crippen molar-refractivity contribution in [2.75, 3.05) is 18.5 Å². The molecule has 2 amide bonds. The number of nitrogens with zero attached hydrogens (tertiary/aromatic N) is 2. The van der Waals surface area contributed by atoms with Crippen molar-refractivity contribution in [1.82, 2.24) is 4.90 Å². The number of hydrogen-bond donors (Lipinski definition) is 0. The van der Waals surface area contributed by atoms with Crippen molar-refractivity contribution in [3.05, 3.63) is 77.9 Å². The number of carbonyl (C=O) groups is 2. The number of carbonyl (C=O) groups excluding carboxylic acids is 2. The number of hydrogen-bond acceptors (Lipinski definition) is 2. The van der Waals surface area contributed by atoms with Gasteiger partial charge in [0.05, 0.1) is 0 Å². The van der Waals surface area contributed by atoms with Crippen LogP contribution in [0.3, 0.4) is 0 Å². The van der Waals surface area contributed by atoms with E-state index in [1.807, 2.05) is 49.5 Å². The summed E-state index contributed by atoms with van der Waals surface area (Å²) in [5, 5.41) is 2.33. The topological polar surface area (TPSA) is 40.6 Å². The van der Waals surface area contributed by atoms with Gasteiger partial charge in [-0.3, -0.25) is 9.59 Å². The Morgan fingerprint density at radius 3 is 2.63 bits per heavy atom. The fourth-order valence-corrected chi connectivity index (χ4v) is 3.71. The molecule has 4 rings (SSSR count). The van der Waals surface area contributed by atoms with Crippen LogP contribution in [-0.2, 0) is 11.3 Å². The molecule has 136 valence electrons. The minimum atomic E-state index is -0.0450. The summed E-state index contributed by atoms with van der Waals surface area (Å²) in [6, 6.07) is 21.7. The van der Waals surface area contributed by atoms with E-state index < -0.39 is 0 Å². The second-order valence-electron chi connectivity index (χ2n) is 7.00. The van der Waals surface area contributed by atoms with Crippen LogP contribution in [0.4, 0.5) is 5.69 Å². The summed E-state index contributed by atoms with van der Waals surface area (Å²) in [7, 11) is 1.82. The van der Waals surface area contributed by atoms with E-state index in [2.05, 4.69) is 24.3 Å². The van der Waals surface area contributed by atoms with Crippen molar-refractivity contribution in [3.8, 4) is 0 Å². The zero-order valence-corrected chi connectivity index (χ0v) is 15.4. The Morgan fingerprint density at radius 2 is 1.81 bits per heavy atom. The lowest BCUT2D eigenvalue weighted by Crippen LogP contribution is -2.27. The molecule has 4 nitrogen and oxygen atoms in total. The predicted molar refractivity (Wildman–Crippen MR) is 108 cm³/mol. The normalized spacial score (nSPS) is 14.0. The molecular weight excluding hydrogens is 336 g/mol. The van der Waals surface area contributed by atoms with Gasteiger partial charge in [-0.05, 0) is 41.0 Å². The van der Waals surface area contributed by atoms with Crippen molar-refractivity contribution in [2.45, 2.75) is 19.4 Å². The van der Waals surface area contributed by atoms with Crippen LogP contribution in [0.1, 0.15) is 28.8 Å². The van der Waals surface area contributed by atoms with Gasteiger partial charge in [0, 0.05) is 37.8 Å². The van der Waals surface area contributed by atoms with E-state index in [1.54, 1.807) is 9.80 Å². The molecule has 0 aromatic heterocycles. The standard InChI is InChI=1S/C23H22N2O2/c1-24(16-19-10-4-8-17-7-2-3-12-21(17)19)23(27)18-9-5-11-20(15-18)25-14-6-13-22(25)26/h2-5,7-12,15H,6,13-14,16H2,1H3. The van der Waals surface area contributed by atoms with Gasteiger partial charge in [-0.15, -0.1) is 0 Å². The Labute approximate surface area is 159 Å². The molecule has 4 heteroatoms. The molecule has 1 aliphatic heterocycles. The van der Waals surface area contributed by atoms with Crippen molar-refractivity contribution in [1.29, 1.82) is 0 Å². The third-order valence-electron chi connectivity index (χ3n) is 5.11. The quantitative estimate of drug-likeness (QED) is 0.700. The van der Waals surface area contributed by atoms with E-state index in [1.165, 1.54) is 5.39 Å². The van der Waals surface area contributed by atoms with Crippen LogP contribution < -0.4 is 4.90 Å². The molecule has 0 radical (unpaired) electrons. The smallest absolute Gasteiger partial charge is 0.253 e. The van der Waals surface area contributed by atoms with Gasteiger partial charge in [-0.25, -0.2) is 0 Å². The lowest BCUT2D eigenvalue weighted by molar-refractivity contribution is -0.117. The van der Waals surface area contributed by atoms with E-state index in [9.17, 15) is 9.59 Å². The Bertz CT molecular complexity index is 1010. The number of benzene rings is 3. The molecule has 0 N–H and O–H groups in total. The lowest BCUT2D eigenvalue weighted by Gasteiger charge is -2.20. The maximum Gasteiger partial charge on any atom is 0.253 e. The van der Waals surface area contributed by atoms with Crippen molar-refractivity contribution < 1.29 is 9.59 Å². The van der Waals surface area contributed by atoms with Gasteiger partial charge in [0.1, 0.15) is 0 Å². The molecule has 3 aromatic carbocycles. The molecule has 3 aromatic rings. The van der Waals surface area contributed by atoms with Crippen LogP contribution in [0, 0.1) is 0 Å². The van der Waals surface area contributed by atoms with Crippen LogP contribution in [0.15, 0.2) is 66.7 Å². The Balaban J connectivity index is 1.56. The first kappa shape index (κ1) is 17.3. The maximum atomic E-state index is 13.0. The molecule has 1 heterocycles. The highest BCUT2D eigenvalue weighted by Crippen LogP contribution is 2.24. The van der Waals surface area contributed by atoms with E-state index in [0.717, 1.165) is 29.6 Å². The van der Waals surface area contributed by atoms with Gasteiger partial charge in [0.25, 0.3) is 5.91 Å². The second kappa shape index (κ2) is 7.23. The number of fused-ring (bicyclic) bond motifs is 1. The first-order valence-corrected chi connectivity index (χ1v) is 9.26. The Kier molecular flexibility index (Phi) is 4.63. The van der Waals surface area contributed by atoms with Crippen LogP contribution >= 0.6 is 0 Å². The SMILES string of the molecule is CN(Cc1cccc2ccccc12)C(=O)c1cccc(N2CCCC2=O)c1. The average Bonchev–Trinajstić information content (AvgIpc) is 3.13. The van der Waals surface area contributed by atoms with Gasteiger partial charge < -0.3 is 9.80 Å². The number of anilines is 1. The molecular formula is C23H22N2O2. The summed E-state index contributed by atoms with van der Waals surface area (Å²) in [6.07, 6.45) is 1.46. The van der Waals surface area contributed by atoms with Gasteiger partial charge in [0.2, 0.25) is 5.91 Å². The molecule has 0 unspecified atom stereocenters. The third-order valence-corrected chi connectivity index (χ3v) is 5.11. The van der Waals surface area contributed by atoms with Gasteiger partial charge in [0.15, 0.2) is 0 Å². The van der Waals surface area contributed by atoms with Crippen molar-refractivity contribution in [2.24, 2.45) is 0 Å². The summed E-state index contributed by atoms with van der Waals surface area (Å²) in [5.74, 6) is 0.0835. The summed E-state index contributed by atoms with van der Waals surface area (Å²) < 4.78 is 0. The molecule has 27 heavy (non-hydrogen) atoms. The highest BCUT2D eigenvalue weighted by atomic mass is 16.2. The third kappa shape index (κ3) is 3.43. The molecule has 0 atom stereocenters. The summed E-state index contributed by atoms with van der Waals surface area (Å²) in [6.45, 7) is 1.26. The van der Waals surface area contributed by atoms with Crippen LogP contribution in [0.25, 0.3) is 10.8 Å². The molecule has 1 saturated heterocycles. The fraction of sp³-hybridized carbons (Fsp3) is 0.217. The molecule has 1 aliphatic rings. The van der Waals surface area contributed by atoms with Gasteiger partial charge >= 0.3 is 0 Å². The Hall–Kier alpha value is -3.14. The largest absolute Gasteiger partial charge is 0.337 e. The second-order valence-corrected chi connectivity index (χ2v) is 7.00. The summed E-state index contributed by atoms with van der Waals surface area (Å²) >= 11 is 0. The zero-order chi connectivity index (χ0) is 18.8. The molecule has 1 fully saturated rings. The fourth-order valence-electron chi connectivity index (χ4n) is 3.71. The van der Waals surface area contributed by atoms with Crippen molar-refractivity contribution >= 4 is 28.3 Å². The van der Waals surface area contributed by atoms with Gasteiger partial charge in [-0.2, -0.15) is 0 Å². The lowest BCUT2D eigenvalue weighted by atomic mass is 10.0. The number of rotatable bonds is 4. The molecule has 0 bridgehead atoms. The predicted octanol–water partition coefficient (Wildman–Crippen LogP) is 4.24. The molecule has 0 aliphatic carbocycles. The van der Waals surface area contributed by atoms with Crippen LogP contribution in [0.5, 0.6) is 0 Å². The first-order chi connectivity index (χ1) is 13.1. The minimum Gasteiger partial charge on any atom is -0.337 e. The summed E-state index contributed by atoms with van der Waals surface area (Å²) in [4.78, 5) is 28.4. The van der Waals surface area contributed by atoms with E-state index in [4.69, 9.17) is 0 Å². The van der Waals surface area contributed by atoms with Crippen LogP contribution in [0.2, 0.25) is 0 Å². The first-order valence-electron chi connectivity index (χ1n) is 9.26. The highest BCUT2D eigenvalue weighted by Gasteiger charge is 2.23. The maximum absolute atomic E-state index is 13.0. The van der Waals surface area contributed by atoms with E-state index in [-0.39, 0.29) is 11.8 Å². The zero-order valence-electron chi connectivity index (χ0n) is 15.4. The Morgan fingerprint density at radius 1 is 1.04 bits per heavy atom. The van der Waals surface area contributed by atoms with Crippen molar-refractivity contribution in [3.63, 3.8) is 0 Å². The van der Waals surface area contributed by atoms with Gasteiger partial charge in [-0.1, -0.05) is 48.5 Å². The average molecular weight is 358 g/mol. The minimum absolute atomic E-state index is 0.0450. The van der Waals surface area contributed by atoms with E-state index >= 15 is 0 Å². The summed E-state index contributed by atoms with van der Waals surface area (Å²) in [5.41, 5.74) is 2.53. The number of amides is 2. The monoisotopic (exact) mass is 358 g/mol. The molecule has 0 saturated carbocycles.